The molecule has 2 heterocycles. The van der Waals surface area contributed by atoms with Gasteiger partial charge in [0.05, 0.1) is 25.3 Å². The number of hydrogen-bond donors (Lipinski definition) is 1. The Morgan fingerprint density at radius 3 is 2.42 bits per heavy atom. The Labute approximate surface area is 224 Å². The Kier molecular flexibility index (Phi) is 8.36. The number of piperazine rings is 1. The minimum Gasteiger partial charge on any atom is -0.497 e. The molecule has 0 bridgehead atoms. The molecule has 4 rings (SSSR count). The van der Waals surface area contributed by atoms with Gasteiger partial charge in [0.2, 0.25) is 0 Å². The molecule has 2 aliphatic heterocycles. The van der Waals surface area contributed by atoms with Gasteiger partial charge in [-0.3, -0.25) is 14.6 Å². The molecular weight excluding hydrogens is 484 g/mol. The standard InChI is InChI=1S/C29H36N4O5/c1-6-38-28(35)25-24(31(4)29(36)30-26(25)23-10-8-7-9-19(23)2)18-32-15-16-33(20(3)17-32)27(34)21-11-13-22(37-5)14-12-21/h7-14,20,26H,6,15-18H2,1-5H3,(H,30,36). The van der Waals surface area contributed by atoms with Crippen molar-refractivity contribution in [3.8, 4) is 5.75 Å². The SMILES string of the molecule is CCOC(=O)C1=C(CN2CCN(C(=O)c3ccc(OC)cc3)C(C)C2)N(C)C(=O)NC1c1ccccc1C. The van der Waals surface area contributed by atoms with Crippen molar-refractivity contribution < 1.29 is 23.9 Å². The number of benzene rings is 2. The van der Waals surface area contributed by atoms with Gasteiger partial charge < -0.3 is 19.7 Å². The number of methoxy groups -OCH3 is 1. The molecular formula is C29H36N4O5. The third kappa shape index (κ3) is 5.52. The fourth-order valence-corrected chi connectivity index (χ4v) is 5.13. The van der Waals surface area contributed by atoms with Crippen molar-refractivity contribution in [2.45, 2.75) is 32.9 Å². The van der Waals surface area contributed by atoms with E-state index in [0.717, 1.165) is 11.1 Å². The highest BCUT2D eigenvalue weighted by molar-refractivity contribution is 5.95. The van der Waals surface area contributed by atoms with Crippen LogP contribution in [0.4, 0.5) is 4.79 Å². The highest BCUT2D eigenvalue weighted by atomic mass is 16.5. The van der Waals surface area contributed by atoms with Gasteiger partial charge in [-0.25, -0.2) is 9.59 Å². The highest BCUT2D eigenvalue weighted by Crippen LogP contribution is 2.33. The molecule has 38 heavy (non-hydrogen) atoms. The first kappa shape index (κ1) is 27.2. The molecule has 0 aliphatic carbocycles. The molecule has 1 N–H and O–H groups in total. The second kappa shape index (κ2) is 11.7. The minimum atomic E-state index is -0.607. The zero-order valence-corrected chi connectivity index (χ0v) is 22.7. The zero-order chi connectivity index (χ0) is 27.4. The topological polar surface area (TPSA) is 91.4 Å². The fraction of sp³-hybridized carbons (Fsp3) is 0.414. The summed E-state index contributed by atoms with van der Waals surface area (Å²) < 4.78 is 10.7. The molecule has 2 aromatic rings. The summed E-state index contributed by atoms with van der Waals surface area (Å²) >= 11 is 0. The third-order valence-electron chi connectivity index (χ3n) is 7.25. The van der Waals surface area contributed by atoms with Crippen LogP contribution in [-0.4, -0.2) is 85.6 Å². The van der Waals surface area contributed by atoms with E-state index in [9.17, 15) is 14.4 Å². The van der Waals surface area contributed by atoms with Gasteiger partial charge in [-0.15, -0.1) is 0 Å². The molecule has 0 spiro atoms. The number of carbonyl (C=O) groups excluding carboxylic acids is 3. The average molecular weight is 521 g/mol. The first-order valence-electron chi connectivity index (χ1n) is 12.9. The molecule has 0 aromatic heterocycles. The number of likely N-dealkylation sites (N-methyl/N-ethyl adjacent to an activating group) is 1. The van der Waals surface area contributed by atoms with Crippen LogP contribution in [0.15, 0.2) is 59.8 Å². The van der Waals surface area contributed by atoms with E-state index in [1.54, 1.807) is 45.3 Å². The van der Waals surface area contributed by atoms with Gasteiger partial charge in [0, 0.05) is 50.5 Å². The summed E-state index contributed by atoms with van der Waals surface area (Å²) in [6, 6.07) is 13.9. The molecule has 2 atom stereocenters. The molecule has 0 saturated carbocycles. The third-order valence-corrected chi connectivity index (χ3v) is 7.25. The number of amides is 3. The highest BCUT2D eigenvalue weighted by Gasteiger charge is 2.39. The lowest BCUT2D eigenvalue weighted by Crippen LogP contribution is -2.56. The first-order chi connectivity index (χ1) is 18.2. The molecule has 2 unspecified atom stereocenters. The quantitative estimate of drug-likeness (QED) is 0.563. The molecule has 2 aliphatic rings. The molecule has 1 saturated heterocycles. The molecule has 0 radical (unpaired) electrons. The van der Waals surface area contributed by atoms with E-state index in [0.29, 0.717) is 48.8 Å². The van der Waals surface area contributed by atoms with Gasteiger partial charge in [0.25, 0.3) is 5.91 Å². The second-order valence-corrected chi connectivity index (χ2v) is 9.69. The van der Waals surface area contributed by atoms with Crippen LogP contribution in [0.2, 0.25) is 0 Å². The number of nitrogens with zero attached hydrogens (tertiary/aromatic N) is 3. The molecule has 3 amide bonds. The van der Waals surface area contributed by atoms with Crippen molar-refractivity contribution in [1.82, 2.24) is 20.0 Å². The largest absolute Gasteiger partial charge is 0.497 e. The van der Waals surface area contributed by atoms with E-state index in [1.807, 2.05) is 43.0 Å². The number of hydrogen-bond acceptors (Lipinski definition) is 6. The normalized spacial score (nSPS) is 20.3. The Morgan fingerprint density at radius 2 is 1.79 bits per heavy atom. The van der Waals surface area contributed by atoms with Crippen LogP contribution in [0.3, 0.4) is 0 Å². The summed E-state index contributed by atoms with van der Waals surface area (Å²) in [5.74, 6) is 0.235. The van der Waals surface area contributed by atoms with Crippen molar-refractivity contribution in [2.24, 2.45) is 0 Å². The van der Waals surface area contributed by atoms with Crippen molar-refractivity contribution in [1.29, 1.82) is 0 Å². The van der Waals surface area contributed by atoms with Crippen molar-refractivity contribution in [3.05, 3.63) is 76.5 Å². The summed E-state index contributed by atoms with van der Waals surface area (Å²) in [6.07, 6.45) is 0. The van der Waals surface area contributed by atoms with E-state index in [4.69, 9.17) is 9.47 Å². The van der Waals surface area contributed by atoms with Crippen molar-refractivity contribution in [3.63, 3.8) is 0 Å². The van der Waals surface area contributed by atoms with Gasteiger partial charge >= 0.3 is 12.0 Å². The summed E-state index contributed by atoms with van der Waals surface area (Å²) in [5, 5.41) is 2.98. The van der Waals surface area contributed by atoms with Crippen molar-refractivity contribution in [2.75, 3.05) is 46.9 Å². The maximum Gasteiger partial charge on any atom is 0.338 e. The second-order valence-electron chi connectivity index (χ2n) is 9.69. The fourth-order valence-electron chi connectivity index (χ4n) is 5.13. The molecule has 9 heteroatoms. The maximum absolute atomic E-state index is 13.3. The zero-order valence-electron chi connectivity index (χ0n) is 22.7. The number of rotatable bonds is 7. The van der Waals surface area contributed by atoms with Gasteiger partial charge in [-0.1, -0.05) is 24.3 Å². The monoisotopic (exact) mass is 520 g/mol. The van der Waals surface area contributed by atoms with Crippen LogP contribution in [-0.2, 0) is 9.53 Å². The van der Waals surface area contributed by atoms with E-state index in [2.05, 4.69) is 10.2 Å². The Morgan fingerprint density at radius 1 is 1.08 bits per heavy atom. The average Bonchev–Trinajstić information content (AvgIpc) is 2.91. The lowest BCUT2D eigenvalue weighted by atomic mass is 9.91. The van der Waals surface area contributed by atoms with Gasteiger partial charge in [-0.05, 0) is 56.2 Å². The van der Waals surface area contributed by atoms with E-state index in [1.165, 1.54) is 4.90 Å². The Hall–Kier alpha value is -3.85. The lowest BCUT2D eigenvalue weighted by Gasteiger charge is -2.42. The van der Waals surface area contributed by atoms with Gasteiger partial charge in [0.15, 0.2) is 0 Å². The maximum atomic E-state index is 13.3. The minimum absolute atomic E-state index is 0.0278. The van der Waals surface area contributed by atoms with Crippen LogP contribution < -0.4 is 10.1 Å². The van der Waals surface area contributed by atoms with Crippen LogP contribution in [0.5, 0.6) is 5.75 Å². The predicted molar refractivity (Wildman–Crippen MR) is 144 cm³/mol. The summed E-state index contributed by atoms with van der Waals surface area (Å²) in [7, 11) is 3.27. The Balaban J connectivity index is 1.59. The predicted octanol–water partition coefficient (Wildman–Crippen LogP) is 3.36. The smallest absolute Gasteiger partial charge is 0.338 e. The first-order valence-corrected chi connectivity index (χ1v) is 12.9. The number of nitrogens with one attached hydrogen (secondary N) is 1. The van der Waals surface area contributed by atoms with Crippen LogP contribution in [0, 0.1) is 6.92 Å². The van der Waals surface area contributed by atoms with Crippen LogP contribution in [0.25, 0.3) is 0 Å². The summed E-state index contributed by atoms with van der Waals surface area (Å²) in [5.41, 5.74) is 3.50. The summed E-state index contributed by atoms with van der Waals surface area (Å²) in [4.78, 5) is 45.0. The number of ether oxygens (including phenoxy) is 2. The van der Waals surface area contributed by atoms with E-state index in [-0.39, 0.29) is 24.6 Å². The lowest BCUT2D eigenvalue weighted by molar-refractivity contribution is -0.139. The number of urea groups is 1. The van der Waals surface area contributed by atoms with Gasteiger partial charge in [-0.2, -0.15) is 0 Å². The van der Waals surface area contributed by atoms with Crippen molar-refractivity contribution >= 4 is 17.9 Å². The van der Waals surface area contributed by atoms with Crippen LogP contribution in [0.1, 0.15) is 41.4 Å². The summed E-state index contributed by atoms with van der Waals surface area (Å²) in [6.45, 7) is 8.11. The molecule has 2 aromatic carbocycles. The van der Waals surface area contributed by atoms with E-state index < -0.39 is 12.0 Å². The number of carbonyl (C=O) groups is 3. The van der Waals surface area contributed by atoms with Crippen LogP contribution >= 0.6 is 0 Å². The van der Waals surface area contributed by atoms with Gasteiger partial charge in [0.1, 0.15) is 5.75 Å². The molecule has 202 valence electrons. The molecule has 1 fully saturated rings. The number of esters is 1. The van der Waals surface area contributed by atoms with E-state index >= 15 is 0 Å². The Bertz CT molecular complexity index is 1230. The molecule has 9 nitrogen and oxygen atoms in total. The number of aryl methyl sites for hydroxylation is 1.